The van der Waals surface area contributed by atoms with Crippen LogP contribution in [0.4, 0.5) is 0 Å². The first kappa shape index (κ1) is 20.6. The van der Waals surface area contributed by atoms with E-state index >= 15 is 0 Å². The molecule has 0 radical (unpaired) electrons. The molecule has 3 rings (SSSR count). The number of hydrogen-bond donors (Lipinski definition) is 0. The topological polar surface area (TPSA) is 23.6 Å². The van der Waals surface area contributed by atoms with Gasteiger partial charge in [0.05, 0.1) is 12.6 Å². The van der Waals surface area contributed by atoms with Crippen LogP contribution in [-0.4, -0.2) is 42.4 Å². The van der Waals surface area contributed by atoms with Gasteiger partial charge in [-0.2, -0.15) is 0 Å². The Labute approximate surface area is 179 Å². The molecule has 0 aliphatic carbocycles. The molecule has 0 saturated carbocycles. The van der Waals surface area contributed by atoms with E-state index in [-0.39, 0.29) is 11.9 Å². The van der Waals surface area contributed by atoms with Crippen LogP contribution in [0.2, 0.25) is 0 Å². The summed E-state index contributed by atoms with van der Waals surface area (Å²) in [6.45, 7) is 4.54. The lowest BCUT2D eigenvalue weighted by atomic mass is 9.89. The summed E-state index contributed by atoms with van der Waals surface area (Å²) in [6, 6.07) is 16.9. The highest BCUT2D eigenvalue weighted by Gasteiger charge is 2.24. The smallest absolute Gasteiger partial charge is 0.236 e. The van der Waals surface area contributed by atoms with Crippen LogP contribution >= 0.6 is 31.9 Å². The number of hydrogen-bond acceptors (Lipinski definition) is 2. The Morgan fingerprint density at radius 3 is 2.30 bits per heavy atom. The molecule has 2 aromatic rings. The van der Waals surface area contributed by atoms with E-state index in [2.05, 4.69) is 86.1 Å². The van der Waals surface area contributed by atoms with Crippen molar-refractivity contribution in [2.45, 2.75) is 31.7 Å². The van der Waals surface area contributed by atoms with E-state index in [4.69, 9.17) is 0 Å². The lowest BCUT2D eigenvalue weighted by molar-refractivity contribution is -0.133. The van der Waals surface area contributed by atoms with E-state index in [9.17, 15) is 4.79 Å². The number of nitrogens with zero attached hydrogens (tertiary/aromatic N) is 2. The first-order valence-corrected chi connectivity index (χ1v) is 11.0. The molecule has 27 heavy (non-hydrogen) atoms. The zero-order chi connectivity index (χ0) is 19.4. The van der Waals surface area contributed by atoms with Gasteiger partial charge in [-0.3, -0.25) is 9.69 Å². The average Bonchev–Trinajstić information content (AvgIpc) is 2.67. The molecular weight excluding hydrogens is 468 g/mol. The molecule has 0 N–H and O–H groups in total. The summed E-state index contributed by atoms with van der Waals surface area (Å²) in [4.78, 5) is 17.0. The summed E-state index contributed by atoms with van der Waals surface area (Å²) in [7, 11) is 1.90. The van der Waals surface area contributed by atoms with Crippen molar-refractivity contribution in [2.75, 3.05) is 26.7 Å². The maximum Gasteiger partial charge on any atom is 0.236 e. The Kier molecular flexibility index (Phi) is 7.12. The standard InChI is InChI=1S/C22H26Br2N2O/c1-16(19-12-20(23)14-21(24)13-19)25(2)22(27)15-26-10-8-18(9-11-26)17-6-4-3-5-7-17/h3-7,12-14,16,18H,8-11,15H2,1-2H3. The van der Waals surface area contributed by atoms with E-state index < -0.39 is 0 Å². The second-order valence-electron chi connectivity index (χ2n) is 7.34. The van der Waals surface area contributed by atoms with Gasteiger partial charge in [0.15, 0.2) is 0 Å². The Morgan fingerprint density at radius 1 is 1.11 bits per heavy atom. The number of carbonyl (C=O) groups excluding carboxylic acids is 1. The molecule has 1 atom stereocenters. The summed E-state index contributed by atoms with van der Waals surface area (Å²) >= 11 is 7.06. The average molecular weight is 494 g/mol. The highest BCUT2D eigenvalue weighted by atomic mass is 79.9. The zero-order valence-electron chi connectivity index (χ0n) is 15.9. The van der Waals surface area contributed by atoms with Crippen LogP contribution in [0.3, 0.4) is 0 Å². The van der Waals surface area contributed by atoms with Crippen molar-refractivity contribution in [1.29, 1.82) is 0 Å². The molecule has 1 unspecified atom stereocenters. The van der Waals surface area contributed by atoms with Crippen molar-refractivity contribution in [3.8, 4) is 0 Å². The summed E-state index contributed by atoms with van der Waals surface area (Å²) < 4.78 is 2.03. The largest absolute Gasteiger partial charge is 0.338 e. The van der Waals surface area contributed by atoms with Gasteiger partial charge < -0.3 is 4.90 Å². The van der Waals surface area contributed by atoms with E-state index in [0.29, 0.717) is 12.5 Å². The van der Waals surface area contributed by atoms with Crippen LogP contribution < -0.4 is 0 Å². The number of rotatable bonds is 5. The minimum Gasteiger partial charge on any atom is -0.338 e. The number of likely N-dealkylation sites (tertiary alicyclic amines) is 1. The fourth-order valence-corrected chi connectivity index (χ4v) is 5.04. The van der Waals surface area contributed by atoms with Gasteiger partial charge in [-0.15, -0.1) is 0 Å². The van der Waals surface area contributed by atoms with Gasteiger partial charge in [-0.05, 0) is 68.1 Å². The Balaban J connectivity index is 1.54. The molecule has 2 aromatic carbocycles. The third-order valence-electron chi connectivity index (χ3n) is 5.56. The van der Waals surface area contributed by atoms with Crippen LogP contribution in [0.1, 0.15) is 42.9 Å². The molecule has 0 aromatic heterocycles. The van der Waals surface area contributed by atoms with Gasteiger partial charge in [0, 0.05) is 16.0 Å². The number of likely N-dealkylation sites (N-methyl/N-ethyl adjacent to an activating group) is 1. The Morgan fingerprint density at radius 2 is 1.70 bits per heavy atom. The monoisotopic (exact) mass is 492 g/mol. The molecule has 1 aliphatic rings. The van der Waals surface area contributed by atoms with Crippen LogP contribution in [-0.2, 0) is 4.79 Å². The molecule has 0 spiro atoms. The highest BCUT2D eigenvalue weighted by Crippen LogP contribution is 2.29. The fourth-order valence-electron chi connectivity index (χ4n) is 3.71. The van der Waals surface area contributed by atoms with Crippen molar-refractivity contribution in [1.82, 2.24) is 9.80 Å². The van der Waals surface area contributed by atoms with E-state index in [0.717, 1.165) is 40.4 Å². The number of carbonyl (C=O) groups is 1. The minimum atomic E-state index is 0.0353. The van der Waals surface area contributed by atoms with Gasteiger partial charge in [0.2, 0.25) is 5.91 Å². The molecule has 0 bridgehead atoms. The van der Waals surface area contributed by atoms with Gasteiger partial charge in [0.1, 0.15) is 0 Å². The van der Waals surface area contributed by atoms with Crippen LogP contribution in [0.25, 0.3) is 0 Å². The highest BCUT2D eigenvalue weighted by molar-refractivity contribution is 9.11. The van der Waals surface area contributed by atoms with Crippen LogP contribution in [0, 0.1) is 0 Å². The van der Waals surface area contributed by atoms with Crippen molar-refractivity contribution in [3.63, 3.8) is 0 Å². The number of amides is 1. The molecular formula is C22H26Br2N2O. The second-order valence-corrected chi connectivity index (χ2v) is 9.18. The predicted octanol–water partition coefficient (Wildman–Crippen LogP) is 5.61. The van der Waals surface area contributed by atoms with Gasteiger partial charge in [0.25, 0.3) is 0 Å². The molecule has 1 aliphatic heterocycles. The molecule has 3 nitrogen and oxygen atoms in total. The summed E-state index contributed by atoms with van der Waals surface area (Å²) in [6.07, 6.45) is 2.24. The van der Waals surface area contributed by atoms with Gasteiger partial charge in [-0.1, -0.05) is 62.2 Å². The molecule has 1 saturated heterocycles. The van der Waals surface area contributed by atoms with E-state index in [1.54, 1.807) is 0 Å². The molecule has 1 fully saturated rings. The maximum absolute atomic E-state index is 12.8. The van der Waals surface area contributed by atoms with Gasteiger partial charge in [-0.25, -0.2) is 0 Å². The maximum atomic E-state index is 12.8. The summed E-state index contributed by atoms with van der Waals surface area (Å²) in [5, 5.41) is 0. The number of benzene rings is 2. The zero-order valence-corrected chi connectivity index (χ0v) is 19.0. The normalized spacial score (nSPS) is 16.9. The third-order valence-corrected chi connectivity index (χ3v) is 6.47. The number of piperidine rings is 1. The van der Waals surface area contributed by atoms with Crippen LogP contribution in [0.15, 0.2) is 57.5 Å². The fraction of sp³-hybridized carbons (Fsp3) is 0.409. The van der Waals surface area contributed by atoms with Crippen molar-refractivity contribution >= 4 is 37.8 Å². The minimum absolute atomic E-state index is 0.0353. The molecule has 1 heterocycles. The molecule has 144 valence electrons. The third kappa shape index (κ3) is 5.43. The van der Waals surface area contributed by atoms with E-state index in [1.165, 1.54) is 5.56 Å². The predicted molar refractivity (Wildman–Crippen MR) is 118 cm³/mol. The lowest BCUT2D eigenvalue weighted by Gasteiger charge is -2.34. The molecule has 1 amide bonds. The van der Waals surface area contributed by atoms with Crippen molar-refractivity contribution < 1.29 is 4.79 Å². The summed E-state index contributed by atoms with van der Waals surface area (Å²) in [5.41, 5.74) is 2.55. The summed E-state index contributed by atoms with van der Waals surface area (Å²) in [5.74, 6) is 0.796. The SMILES string of the molecule is CC(c1cc(Br)cc(Br)c1)N(C)C(=O)CN1CCC(c2ccccc2)CC1. The molecule has 5 heteroatoms. The van der Waals surface area contributed by atoms with Crippen molar-refractivity contribution in [2.24, 2.45) is 0 Å². The first-order valence-electron chi connectivity index (χ1n) is 9.43. The van der Waals surface area contributed by atoms with E-state index in [1.807, 2.05) is 18.0 Å². The quantitative estimate of drug-likeness (QED) is 0.540. The number of halogens is 2. The second kappa shape index (κ2) is 9.35. The van der Waals surface area contributed by atoms with Crippen molar-refractivity contribution in [3.05, 3.63) is 68.6 Å². The van der Waals surface area contributed by atoms with Gasteiger partial charge >= 0.3 is 0 Å². The first-order chi connectivity index (χ1) is 12.9. The van der Waals surface area contributed by atoms with Crippen LogP contribution in [0.5, 0.6) is 0 Å². The lowest BCUT2D eigenvalue weighted by Crippen LogP contribution is -2.42. The Hall–Kier alpha value is -1.17. The Bertz CT molecular complexity index is 753.